The number of para-hydroxylation sites is 2. The normalized spacial score (nSPS) is 12.3. The van der Waals surface area contributed by atoms with Crippen LogP contribution in [0.25, 0.3) is 0 Å². The predicted molar refractivity (Wildman–Crippen MR) is 145 cm³/mol. The summed E-state index contributed by atoms with van der Waals surface area (Å²) in [6.07, 6.45) is 1.18. The van der Waals surface area contributed by atoms with Gasteiger partial charge in [0.1, 0.15) is 6.04 Å². The number of hydrogen-bond acceptors (Lipinski definition) is 4. The van der Waals surface area contributed by atoms with E-state index in [4.69, 9.17) is 9.47 Å². The molecule has 0 aliphatic rings. The highest BCUT2D eigenvalue weighted by atomic mass is 79.9. The van der Waals surface area contributed by atoms with Crippen LogP contribution >= 0.6 is 15.9 Å². The SMILES string of the molecule is CCC(C)NC(=O)C(Cc1ccccc1)N(Cc1cccc(Br)c1)C(=O)COc1ccccc1OC. The van der Waals surface area contributed by atoms with Gasteiger partial charge in [-0.15, -0.1) is 0 Å². The molecular weight excluding hydrogens is 520 g/mol. The van der Waals surface area contributed by atoms with Crippen molar-refractivity contribution in [3.05, 3.63) is 94.5 Å². The van der Waals surface area contributed by atoms with Crippen LogP contribution in [0.4, 0.5) is 0 Å². The highest BCUT2D eigenvalue weighted by molar-refractivity contribution is 9.10. The number of nitrogens with zero attached hydrogens (tertiary/aromatic N) is 1. The van der Waals surface area contributed by atoms with E-state index >= 15 is 0 Å². The molecule has 0 aliphatic carbocycles. The molecule has 0 saturated heterocycles. The van der Waals surface area contributed by atoms with E-state index in [2.05, 4.69) is 21.2 Å². The van der Waals surface area contributed by atoms with Crippen molar-refractivity contribution in [2.24, 2.45) is 0 Å². The fourth-order valence-corrected chi connectivity index (χ4v) is 4.23. The summed E-state index contributed by atoms with van der Waals surface area (Å²) in [6.45, 7) is 4.01. The van der Waals surface area contributed by atoms with Gasteiger partial charge in [-0.2, -0.15) is 0 Å². The molecule has 2 atom stereocenters. The third kappa shape index (κ3) is 7.85. The van der Waals surface area contributed by atoms with E-state index in [0.717, 1.165) is 22.0 Å². The van der Waals surface area contributed by atoms with Crippen molar-refractivity contribution in [3.63, 3.8) is 0 Å². The van der Waals surface area contributed by atoms with Crippen molar-refractivity contribution in [2.75, 3.05) is 13.7 Å². The lowest BCUT2D eigenvalue weighted by atomic mass is 10.0. The molecule has 0 bridgehead atoms. The number of carbonyl (C=O) groups is 2. The molecule has 2 unspecified atom stereocenters. The molecule has 3 rings (SSSR count). The lowest BCUT2D eigenvalue weighted by Crippen LogP contribution is -2.53. The Kier molecular flexibility index (Phi) is 10.4. The van der Waals surface area contributed by atoms with Gasteiger partial charge in [-0.1, -0.05) is 77.5 Å². The lowest BCUT2D eigenvalue weighted by Gasteiger charge is -2.32. The van der Waals surface area contributed by atoms with E-state index in [0.29, 0.717) is 17.9 Å². The van der Waals surface area contributed by atoms with E-state index in [1.165, 1.54) is 0 Å². The molecule has 0 fully saturated rings. The largest absolute Gasteiger partial charge is 0.493 e. The molecule has 0 radical (unpaired) electrons. The number of halogens is 1. The molecule has 1 N–H and O–H groups in total. The Balaban J connectivity index is 1.93. The van der Waals surface area contributed by atoms with E-state index in [1.807, 2.05) is 80.6 Å². The number of amides is 2. The first-order valence-corrected chi connectivity index (χ1v) is 12.8. The third-order valence-electron chi connectivity index (χ3n) is 5.93. The monoisotopic (exact) mass is 552 g/mol. The molecule has 36 heavy (non-hydrogen) atoms. The van der Waals surface area contributed by atoms with Gasteiger partial charge in [0, 0.05) is 23.5 Å². The smallest absolute Gasteiger partial charge is 0.261 e. The van der Waals surface area contributed by atoms with Gasteiger partial charge in [0.15, 0.2) is 18.1 Å². The second-order valence-electron chi connectivity index (χ2n) is 8.61. The Morgan fingerprint density at radius 2 is 1.61 bits per heavy atom. The van der Waals surface area contributed by atoms with E-state index in [9.17, 15) is 9.59 Å². The molecule has 7 heteroatoms. The molecular formula is C29H33BrN2O4. The van der Waals surface area contributed by atoms with Crippen molar-refractivity contribution in [3.8, 4) is 11.5 Å². The van der Waals surface area contributed by atoms with E-state index < -0.39 is 6.04 Å². The second-order valence-corrected chi connectivity index (χ2v) is 9.53. The maximum absolute atomic E-state index is 13.7. The van der Waals surface area contributed by atoms with Crippen molar-refractivity contribution in [1.29, 1.82) is 0 Å². The molecule has 2 amide bonds. The zero-order valence-electron chi connectivity index (χ0n) is 20.9. The van der Waals surface area contributed by atoms with Crippen LogP contribution < -0.4 is 14.8 Å². The third-order valence-corrected chi connectivity index (χ3v) is 6.43. The minimum absolute atomic E-state index is 0.0107. The number of benzene rings is 3. The van der Waals surface area contributed by atoms with Crippen molar-refractivity contribution in [1.82, 2.24) is 10.2 Å². The van der Waals surface area contributed by atoms with Gasteiger partial charge < -0.3 is 19.7 Å². The summed E-state index contributed by atoms with van der Waals surface area (Å²) < 4.78 is 12.1. The van der Waals surface area contributed by atoms with Crippen LogP contribution in [0.3, 0.4) is 0 Å². The van der Waals surface area contributed by atoms with E-state index in [1.54, 1.807) is 24.1 Å². The average Bonchev–Trinajstić information content (AvgIpc) is 2.89. The molecule has 6 nitrogen and oxygen atoms in total. The van der Waals surface area contributed by atoms with Crippen molar-refractivity contribution in [2.45, 2.75) is 45.3 Å². The fraction of sp³-hybridized carbons (Fsp3) is 0.310. The molecule has 3 aromatic rings. The topological polar surface area (TPSA) is 67.9 Å². The number of ether oxygens (including phenoxy) is 2. The van der Waals surface area contributed by atoms with Gasteiger partial charge in [-0.25, -0.2) is 0 Å². The lowest BCUT2D eigenvalue weighted by molar-refractivity contribution is -0.143. The van der Waals surface area contributed by atoms with Gasteiger partial charge in [0.2, 0.25) is 5.91 Å². The van der Waals surface area contributed by atoms with Gasteiger partial charge in [-0.05, 0) is 48.7 Å². The van der Waals surface area contributed by atoms with Crippen molar-refractivity contribution >= 4 is 27.7 Å². The summed E-state index contributed by atoms with van der Waals surface area (Å²) in [7, 11) is 1.55. The van der Waals surface area contributed by atoms with Crippen LogP contribution in [-0.2, 0) is 22.6 Å². The van der Waals surface area contributed by atoms with Crippen LogP contribution in [0.5, 0.6) is 11.5 Å². The number of methoxy groups -OCH3 is 1. The Labute approximate surface area is 221 Å². The zero-order chi connectivity index (χ0) is 25.9. The Morgan fingerprint density at radius 1 is 0.944 bits per heavy atom. The van der Waals surface area contributed by atoms with Crippen LogP contribution in [0.2, 0.25) is 0 Å². The Bertz CT molecular complexity index is 1140. The van der Waals surface area contributed by atoms with Gasteiger partial charge in [0.05, 0.1) is 7.11 Å². The molecule has 190 valence electrons. The summed E-state index contributed by atoms with van der Waals surface area (Å²) in [4.78, 5) is 28.8. The molecule has 0 aliphatic heterocycles. The molecule has 0 aromatic heterocycles. The number of carbonyl (C=O) groups excluding carboxylic acids is 2. The Morgan fingerprint density at radius 3 is 2.28 bits per heavy atom. The first-order valence-electron chi connectivity index (χ1n) is 12.0. The van der Waals surface area contributed by atoms with E-state index in [-0.39, 0.29) is 31.0 Å². The summed E-state index contributed by atoms with van der Waals surface area (Å²) in [5, 5.41) is 3.07. The summed E-state index contributed by atoms with van der Waals surface area (Å²) >= 11 is 3.51. The highest BCUT2D eigenvalue weighted by Crippen LogP contribution is 2.26. The summed E-state index contributed by atoms with van der Waals surface area (Å²) in [5.41, 5.74) is 1.88. The van der Waals surface area contributed by atoms with Crippen LogP contribution in [0.15, 0.2) is 83.3 Å². The van der Waals surface area contributed by atoms with Gasteiger partial charge >= 0.3 is 0 Å². The number of hydrogen-bond donors (Lipinski definition) is 1. The molecule has 0 saturated carbocycles. The first-order chi connectivity index (χ1) is 17.4. The predicted octanol–water partition coefficient (Wildman–Crippen LogP) is 5.39. The van der Waals surface area contributed by atoms with Gasteiger partial charge in [0.25, 0.3) is 5.91 Å². The molecule has 3 aromatic carbocycles. The summed E-state index contributed by atoms with van der Waals surface area (Å²) in [6, 6.07) is 23.9. The highest BCUT2D eigenvalue weighted by Gasteiger charge is 2.31. The van der Waals surface area contributed by atoms with Crippen LogP contribution in [0.1, 0.15) is 31.4 Å². The second kappa shape index (κ2) is 13.7. The maximum atomic E-state index is 13.7. The minimum Gasteiger partial charge on any atom is -0.493 e. The van der Waals surface area contributed by atoms with Crippen LogP contribution in [-0.4, -0.2) is 42.5 Å². The van der Waals surface area contributed by atoms with Gasteiger partial charge in [-0.3, -0.25) is 9.59 Å². The van der Waals surface area contributed by atoms with Crippen LogP contribution in [0, 0.1) is 0 Å². The Hall–Kier alpha value is -3.32. The number of nitrogens with one attached hydrogen (secondary N) is 1. The van der Waals surface area contributed by atoms with Crippen molar-refractivity contribution < 1.29 is 19.1 Å². The minimum atomic E-state index is -0.714. The maximum Gasteiger partial charge on any atom is 0.261 e. The molecule has 0 heterocycles. The standard InChI is InChI=1S/C29H33BrN2O4/c1-4-21(2)31-29(34)25(18-22-11-6-5-7-12-22)32(19-23-13-10-14-24(30)17-23)28(33)20-36-27-16-9-8-15-26(27)35-3/h5-17,21,25H,4,18-20H2,1-3H3,(H,31,34). The summed E-state index contributed by atoms with van der Waals surface area (Å²) in [5.74, 6) is 0.536. The fourth-order valence-electron chi connectivity index (χ4n) is 3.79. The molecule has 0 spiro atoms. The average molecular weight is 553 g/mol. The first kappa shape index (κ1) is 27.3. The number of rotatable bonds is 12. The quantitative estimate of drug-likeness (QED) is 0.327. The zero-order valence-corrected chi connectivity index (χ0v) is 22.5.